The summed E-state index contributed by atoms with van der Waals surface area (Å²) >= 11 is 0. The highest BCUT2D eigenvalue weighted by atomic mass is 32.2. The molecule has 1 saturated carbocycles. The molecule has 11 heteroatoms. The molecule has 2 heterocycles. The van der Waals surface area contributed by atoms with Gasteiger partial charge in [-0.25, -0.2) is 13.4 Å². The molecule has 0 amide bonds. The Morgan fingerprint density at radius 2 is 1.80 bits per heavy atom. The molecule has 30 heavy (non-hydrogen) atoms. The predicted octanol–water partition coefficient (Wildman–Crippen LogP) is 5.43. The van der Waals surface area contributed by atoms with Crippen LogP contribution >= 0.6 is 0 Å². The average Bonchev–Trinajstić information content (AvgIpc) is 2.99. The van der Waals surface area contributed by atoms with Crippen LogP contribution in [0.5, 0.6) is 0 Å². The molecule has 0 radical (unpaired) electrons. The van der Waals surface area contributed by atoms with Crippen molar-refractivity contribution in [1.82, 2.24) is 9.38 Å². The van der Waals surface area contributed by atoms with Crippen LogP contribution in [-0.2, 0) is 16.0 Å². The number of aromatic nitrogens is 2. The Hall–Kier alpha value is -2.30. The van der Waals surface area contributed by atoms with Crippen molar-refractivity contribution in [1.29, 1.82) is 0 Å². The summed E-state index contributed by atoms with van der Waals surface area (Å²) in [5.41, 5.74) is -1.16. The largest absolute Gasteiger partial charge is 0.417 e. The summed E-state index contributed by atoms with van der Waals surface area (Å²) in [7, 11) is -4.00. The zero-order chi connectivity index (χ0) is 22.5. The number of alkyl halides is 6. The fourth-order valence-corrected chi connectivity index (χ4v) is 5.37. The second-order valence-electron chi connectivity index (χ2n) is 7.18. The van der Waals surface area contributed by atoms with Crippen LogP contribution in [-0.4, -0.2) is 29.2 Å². The van der Waals surface area contributed by atoms with Gasteiger partial charge in [0.05, 0.1) is 15.7 Å². The lowest BCUT2D eigenvalue weighted by Crippen LogP contribution is -2.35. The Labute approximate surface area is 168 Å². The fourth-order valence-electron chi connectivity index (χ4n) is 3.35. The maximum Gasteiger partial charge on any atom is 0.417 e. The summed E-state index contributed by atoms with van der Waals surface area (Å²) in [6, 6.07) is 2.13. The molecule has 2 aromatic rings. The Morgan fingerprint density at radius 3 is 2.33 bits per heavy atom. The van der Waals surface area contributed by atoms with Crippen LogP contribution in [0.1, 0.15) is 43.9 Å². The normalized spacial score (nSPS) is 21.7. The van der Waals surface area contributed by atoms with Gasteiger partial charge in [0.15, 0.2) is 9.84 Å². The maximum atomic E-state index is 13.0. The molecule has 1 aliphatic rings. The van der Waals surface area contributed by atoms with Gasteiger partial charge in [0.1, 0.15) is 5.65 Å². The van der Waals surface area contributed by atoms with Crippen LogP contribution in [0.25, 0.3) is 5.65 Å². The van der Waals surface area contributed by atoms with Gasteiger partial charge in [-0.2, -0.15) is 26.3 Å². The first-order valence-electron chi connectivity index (χ1n) is 8.95. The number of allylic oxidation sites excluding steroid dienone is 3. The lowest BCUT2D eigenvalue weighted by atomic mass is 9.82. The first-order valence-corrected chi connectivity index (χ1v) is 10.5. The van der Waals surface area contributed by atoms with Crippen LogP contribution in [0, 0.1) is 0 Å². The average molecular weight is 452 g/mol. The van der Waals surface area contributed by atoms with Gasteiger partial charge in [0.2, 0.25) is 0 Å². The number of imidazole rings is 1. The highest BCUT2D eigenvalue weighted by molar-refractivity contribution is 7.96. The second-order valence-corrected chi connectivity index (χ2v) is 9.41. The SMILES string of the molecule is CC=C(C=C(C)C(F)(F)F)S(=O)(=O)C1CC(c2cnc3ccc(C(F)(F)F)cn23)C1. The number of fused-ring (bicyclic) bond motifs is 1. The van der Waals surface area contributed by atoms with Gasteiger partial charge in [0.25, 0.3) is 0 Å². The van der Waals surface area contributed by atoms with E-state index in [1.54, 1.807) is 0 Å². The number of halogens is 6. The van der Waals surface area contributed by atoms with Gasteiger partial charge in [-0.05, 0) is 44.9 Å². The molecule has 164 valence electrons. The smallest absolute Gasteiger partial charge is 0.303 e. The van der Waals surface area contributed by atoms with Crippen LogP contribution in [0.2, 0.25) is 0 Å². The van der Waals surface area contributed by atoms with Crippen LogP contribution in [0.3, 0.4) is 0 Å². The maximum absolute atomic E-state index is 13.0. The lowest BCUT2D eigenvalue weighted by molar-refractivity contribution is -0.137. The molecule has 0 saturated heterocycles. The molecule has 1 aliphatic carbocycles. The first kappa shape index (κ1) is 22.4. The van der Waals surface area contributed by atoms with E-state index in [0.29, 0.717) is 17.4 Å². The molecule has 0 unspecified atom stereocenters. The van der Waals surface area contributed by atoms with Crippen molar-refractivity contribution in [2.45, 2.75) is 50.2 Å². The Balaban J connectivity index is 1.83. The first-order chi connectivity index (χ1) is 13.7. The highest BCUT2D eigenvalue weighted by Crippen LogP contribution is 2.43. The molecule has 0 atom stereocenters. The van der Waals surface area contributed by atoms with Crippen molar-refractivity contribution < 1.29 is 34.8 Å². The van der Waals surface area contributed by atoms with E-state index in [-0.39, 0.29) is 18.8 Å². The molecule has 3 rings (SSSR count). The summed E-state index contributed by atoms with van der Waals surface area (Å²) < 4.78 is 104. The van der Waals surface area contributed by atoms with E-state index in [1.807, 2.05) is 0 Å². The van der Waals surface area contributed by atoms with E-state index in [9.17, 15) is 34.8 Å². The molecular weight excluding hydrogens is 434 g/mol. The molecule has 4 nitrogen and oxygen atoms in total. The second kappa shape index (κ2) is 7.44. The van der Waals surface area contributed by atoms with Gasteiger partial charge in [0, 0.05) is 29.6 Å². The zero-order valence-corrected chi connectivity index (χ0v) is 16.7. The van der Waals surface area contributed by atoms with E-state index in [0.717, 1.165) is 25.3 Å². The number of sulfone groups is 1. The number of pyridine rings is 1. The molecule has 0 N–H and O–H groups in total. The van der Waals surface area contributed by atoms with Crippen LogP contribution in [0.15, 0.2) is 47.2 Å². The summed E-state index contributed by atoms with van der Waals surface area (Å²) in [5, 5.41) is -0.915. The minimum atomic E-state index is -4.64. The molecule has 0 aliphatic heterocycles. The molecule has 0 aromatic carbocycles. The topological polar surface area (TPSA) is 51.4 Å². The van der Waals surface area contributed by atoms with Crippen molar-refractivity contribution in [3.8, 4) is 0 Å². The van der Waals surface area contributed by atoms with Crippen LogP contribution in [0.4, 0.5) is 26.3 Å². The number of hydrogen-bond donors (Lipinski definition) is 0. The Morgan fingerprint density at radius 1 is 1.17 bits per heavy atom. The quantitative estimate of drug-likeness (QED) is 0.460. The third kappa shape index (κ3) is 4.12. The van der Waals surface area contributed by atoms with Crippen molar-refractivity contribution in [2.24, 2.45) is 0 Å². The predicted molar refractivity (Wildman–Crippen MR) is 98.4 cm³/mol. The Bertz CT molecular complexity index is 1120. The summed E-state index contributed by atoms with van der Waals surface area (Å²) in [4.78, 5) is 3.63. The summed E-state index contributed by atoms with van der Waals surface area (Å²) in [6.07, 6.45) is -4.98. The van der Waals surface area contributed by atoms with Crippen molar-refractivity contribution >= 4 is 15.5 Å². The Kier molecular flexibility index (Phi) is 5.55. The van der Waals surface area contributed by atoms with Gasteiger partial charge in [-0.1, -0.05) is 6.08 Å². The third-order valence-electron chi connectivity index (χ3n) is 5.23. The van der Waals surface area contributed by atoms with Gasteiger partial charge < -0.3 is 4.40 Å². The van der Waals surface area contributed by atoms with E-state index >= 15 is 0 Å². The van der Waals surface area contributed by atoms with E-state index in [2.05, 4.69) is 4.98 Å². The van der Waals surface area contributed by atoms with Crippen molar-refractivity contribution in [2.75, 3.05) is 0 Å². The van der Waals surface area contributed by atoms with Crippen molar-refractivity contribution in [3.63, 3.8) is 0 Å². The summed E-state index contributed by atoms with van der Waals surface area (Å²) in [6.45, 7) is 2.13. The number of nitrogens with zero attached hydrogens (tertiary/aromatic N) is 2. The van der Waals surface area contributed by atoms with E-state index in [1.165, 1.54) is 23.6 Å². The van der Waals surface area contributed by atoms with E-state index in [4.69, 9.17) is 0 Å². The number of hydrogen-bond acceptors (Lipinski definition) is 3. The minimum absolute atomic E-state index is 0.0859. The van der Waals surface area contributed by atoms with E-state index < -0.39 is 43.5 Å². The number of rotatable bonds is 4. The summed E-state index contributed by atoms with van der Waals surface area (Å²) in [5.74, 6) is -0.367. The van der Waals surface area contributed by atoms with Gasteiger partial charge in [-0.3, -0.25) is 0 Å². The molecule has 0 bridgehead atoms. The standard InChI is InChI=1S/C19H18F6N2O2S/c1-3-14(6-11(2)18(20,21)22)30(28,29)15-7-12(8-15)16-9-26-17-5-4-13(10-27(16)17)19(23,24)25/h3-6,9-10,12,15H,7-8H2,1-2H3. The fraction of sp³-hybridized carbons (Fsp3) is 0.421. The third-order valence-corrected chi connectivity index (χ3v) is 7.51. The van der Waals surface area contributed by atoms with Crippen molar-refractivity contribution in [3.05, 3.63) is 58.4 Å². The monoisotopic (exact) mass is 452 g/mol. The molecular formula is C19H18F6N2O2S. The van der Waals surface area contributed by atoms with Gasteiger partial charge >= 0.3 is 12.4 Å². The molecule has 1 fully saturated rings. The molecule has 2 aromatic heterocycles. The zero-order valence-electron chi connectivity index (χ0n) is 15.9. The highest BCUT2D eigenvalue weighted by Gasteiger charge is 2.42. The minimum Gasteiger partial charge on any atom is -0.303 e. The molecule has 0 spiro atoms. The van der Waals surface area contributed by atoms with Crippen LogP contribution < -0.4 is 0 Å². The van der Waals surface area contributed by atoms with Gasteiger partial charge in [-0.15, -0.1) is 0 Å². The lowest BCUT2D eigenvalue weighted by Gasteiger charge is -2.35.